The Balaban J connectivity index is 2.15. The first-order valence-electron chi connectivity index (χ1n) is 15.1. The monoisotopic (exact) mass is 615 g/mol. The number of hydrogen-bond donors (Lipinski definition) is 0. The van der Waals surface area contributed by atoms with Crippen LogP contribution < -0.4 is 4.74 Å². The van der Waals surface area contributed by atoms with Crippen LogP contribution >= 0.6 is 0 Å². The lowest BCUT2D eigenvalue weighted by Gasteiger charge is -2.29. The first-order chi connectivity index (χ1) is 20.6. The maximum Gasteiger partial charge on any atom is 0.330 e. The lowest BCUT2D eigenvalue weighted by molar-refractivity contribution is -0.134. The van der Waals surface area contributed by atoms with Crippen molar-refractivity contribution in [3.63, 3.8) is 0 Å². The fourth-order valence-electron chi connectivity index (χ4n) is 5.18. The van der Waals surface area contributed by atoms with Crippen LogP contribution in [0.4, 0.5) is 0 Å². The first kappa shape index (κ1) is 33.1. The molecule has 7 heteroatoms. The summed E-state index contributed by atoms with van der Waals surface area (Å²) in [5.41, 5.74) is 5.42. The van der Waals surface area contributed by atoms with E-state index in [1.54, 1.807) is 42.6 Å². The third kappa shape index (κ3) is 6.78. The normalized spacial score (nSPS) is 12.9. The lowest BCUT2D eigenvalue weighted by atomic mass is 9.78. The SMILES string of the molecule is CCCCOc1c(-c2cn(S(=O)(=O)c3ccccc3)c3ccc(C(C)=CC(=O)OC)cc23)cc(C(C)(C)C)cc1C(C)(C)C. The molecule has 0 aliphatic heterocycles. The summed E-state index contributed by atoms with van der Waals surface area (Å²) < 4.78 is 41.0. The van der Waals surface area contributed by atoms with Crippen molar-refractivity contribution < 1.29 is 22.7 Å². The molecule has 3 aromatic carbocycles. The third-order valence-electron chi connectivity index (χ3n) is 7.86. The van der Waals surface area contributed by atoms with Crippen molar-refractivity contribution in [2.75, 3.05) is 13.7 Å². The van der Waals surface area contributed by atoms with Gasteiger partial charge in [-0.2, -0.15) is 0 Å². The largest absolute Gasteiger partial charge is 0.493 e. The van der Waals surface area contributed by atoms with Crippen LogP contribution in [0.25, 0.3) is 27.6 Å². The van der Waals surface area contributed by atoms with Crippen molar-refractivity contribution in [3.05, 3.63) is 89.6 Å². The standard InChI is InChI=1S/C37H45NO5S/c1-10-11-19-43-35-30(22-27(36(3,4)5)23-32(35)37(6,7)8)31-24-38(44(40,41)28-15-13-12-14-16-28)33-18-17-26(21-29(31)33)25(2)20-34(39)42-9/h12-18,20-24H,10-11,19H2,1-9H3. The number of nitrogens with zero attached hydrogens (tertiary/aromatic N) is 1. The van der Waals surface area contributed by atoms with E-state index in [1.807, 2.05) is 19.1 Å². The van der Waals surface area contributed by atoms with Crippen LogP contribution in [-0.4, -0.2) is 32.1 Å². The second kappa shape index (κ2) is 12.6. The van der Waals surface area contributed by atoms with Gasteiger partial charge in [0, 0.05) is 34.3 Å². The molecule has 0 saturated heterocycles. The molecule has 0 aliphatic rings. The number of allylic oxidation sites excluding steroid dienone is 1. The minimum Gasteiger partial charge on any atom is -0.493 e. The summed E-state index contributed by atoms with van der Waals surface area (Å²) in [6.07, 6.45) is 5.05. The molecule has 234 valence electrons. The molecule has 1 aromatic heterocycles. The quantitative estimate of drug-likeness (QED) is 0.107. The Morgan fingerprint density at radius 2 is 1.59 bits per heavy atom. The zero-order valence-corrected chi connectivity index (χ0v) is 28.3. The number of hydrogen-bond acceptors (Lipinski definition) is 5. The van der Waals surface area contributed by atoms with Crippen molar-refractivity contribution in [3.8, 4) is 16.9 Å². The summed E-state index contributed by atoms with van der Waals surface area (Å²) in [7, 11) is -2.59. The molecule has 0 N–H and O–H groups in total. The molecule has 4 rings (SSSR count). The summed E-state index contributed by atoms with van der Waals surface area (Å²) in [4.78, 5) is 12.3. The van der Waals surface area contributed by atoms with Gasteiger partial charge in [-0.25, -0.2) is 17.2 Å². The highest BCUT2D eigenvalue weighted by Gasteiger charge is 2.29. The van der Waals surface area contributed by atoms with Gasteiger partial charge in [-0.1, -0.05) is 85.2 Å². The molecule has 0 fully saturated rings. The number of carbonyl (C=O) groups is 1. The van der Waals surface area contributed by atoms with Gasteiger partial charge < -0.3 is 9.47 Å². The van der Waals surface area contributed by atoms with Gasteiger partial charge in [-0.3, -0.25) is 0 Å². The lowest BCUT2D eigenvalue weighted by Crippen LogP contribution is -2.19. The minimum absolute atomic E-state index is 0.170. The number of benzene rings is 3. The Morgan fingerprint density at radius 3 is 2.18 bits per heavy atom. The Bertz CT molecular complexity index is 1800. The maximum absolute atomic E-state index is 14.1. The molecular weight excluding hydrogens is 570 g/mol. The van der Waals surface area contributed by atoms with E-state index in [0.29, 0.717) is 17.7 Å². The number of fused-ring (bicyclic) bond motifs is 1. The zero-order valence-electron chi connectivity index (χ0n) is 27.4. The van der Waals surface area contributed by atoms with Crippen LogP contribution in [0.3, 0.4) is 0 Å². The summed E-state index contributed by atoms with van der Waals surface area (Å²) in [6.45, 7) is 17.6. The molecule has 0 bridgehead atoms. The maximum atomic E-state index is 14.1. The summed E-state index contributed by atoms with van der Waals surface area (Å²) in [5.74, 6) is 0.314. The molecule has 0 spiro atoms. The van der Waals surface area contributed by atoms with E-state index in [1.165, 1.54) is 17.2 Å². The molecule has 0 unspecified atom stereocenters. The fraction of sp³-hybridized carbons (Fsp3) is 0.378. The van der Waals surface area contributed by atoms with E-state index < -0.39 is 16.0 Å². The van der Waals surface area contributed by atoms with Crippen molar-refractivity contribution in [1.82, 2.24) is 3.97 Å². The topological polar surface area (TPSA) is 74.6 Å². The van der Waals surface area contributed by atoms with E-state index in [-0.39, 0.29) is 15.7 Å². The zero-order chi connectivity index (χ0) is 32.4. The molecule has 44 heavy (non-hydrogen) atoms. The van der Waals surface area contributed by atoms with Crippen molar-refractivity contribution in [2.24, 2.45) is 0 Å². The van der Waals surface area contributed by atoms with E-state index in [2.05, 4.69) is 60.6 Å². The predicted molar refractivity (Wildman–Crippen MR) is 180 cm³/mol. The molecule has 0 aliphatic carbocycles. The van der Waals surface area contributed by atoms with Gasteiger partial charge in [-0.15, -0.1) is 0 Å². The summed E-state index contributed by atoms with van der Waals surface area (Å²) in [6, 6.07) is 18.4. The third-order valence-corrected chi connectivity index (χ3v) is 9.55. The van der Waals surface area contributed by atoms with Gasteiger partial charge in [0.2, 0.25) is 0 Å². The number of unbranched alkanes of at least 4 members (excludes halogenated alkanes) is 1. The molecule has 0 amide bonds. The van der Waals surface area contributed by atoms with Crippen LogP contribution in [0.15, 0.2) is 77.8 Å². The second-order valence-corrected chi connectivity index (χ2v) is 15.2. The van der Waals surface area contributed by atoms with E-state index in [9.17, 15) is 13.2 Å². The Hall–Kier alpha value is -3.84. The van der Waals surface area contributed by atoms with Gasteiger partial charge in [-0.05, 0) is 71.2 Å². The highest BCUT2D eigenvalue weighted by Crippen LogP contribution is 2.46. The van der Waals surface area contributed by atoms with Gasteiger partial charge in [0.25, 0.3) is 10.0 Å². The van der Waals surface area contributed by atoms with Gasteiger partial charge >= 0.3 is 5.97 Å². The molecule has 0 atom stereocenters. The summed E-state index contributed by atoms with van der Waals surface area (Å²) >= 11 is 0. The number of esters is 1. The van der Waals surface area contributed by atoms with Crippen molar-refractivity contribution in [2.45, 2.75) is 84.0 Å². The van der Waals surface area contributed by atoms with Crippen LogP contribution in [0.2, 0.25) is 0 Å². The smallest absolute Gasteiger partial charge is 0.330 e. The molecule has 0 radical (unpaired) electrons. The number of rotatable bonds is 9. The average molecular weight is 616 g/mol. The number of methoxy groups -OCH3 is 1. The first-order valence-corrected chi connectivity index (χ1v) is 16.6. The van der Waals surface area contributed by atoms with E-state index in [0.717, 1.165) is 51.8 Å². The van der Waals surface area contributed by atoms with Crippen molar-refractivity contribution >= 4 is 32.5 Å². The number of carbonyl (C=O) groups excluding carboxylic acids is 1. The Morgan fingerprint density at radius 1 is 0.909 bits per heavy atom. The van der Waals surface area contributed by atoms with Crippen molar-refractivity contribution in [1.29, 1.82) is 0 Å². The molecule has 0 saturated carbocycles. The van der Waals surface area contributed by atoms with E-state index >= 15 is 0 Å². The van der Waals surface area contributed by atoms with Crippen LogP contribution in [0, 0.1) is 0 Å². The molecule has 4 aromatic rings. The Labute approximate surface area is 262 Å². The van der Waals surface area contributed by atoms with Gasteiger partial charge in [0.05, 0.1) is 24.1 Å². The summed E-state index contributed by atoms with van der Waals surface area (Å²) in [5, 5.41) is 0.742. The van der Waals surface area contributed by atoms with E-state index in [4.69, 9.17) is 9.47 Å². The number of ether oxygens (including phenoxy) is 2. The highest BCUT2D eigenvalue weighted by molar-refractivity contribution is 7.90. The molecule has 1 heterocycles. The molecule has 6 nitrogen and oxygen atoms in total. The van der Waals surface area contributed by atoms with Gasteiger partial charge in [0.15, 0.2) is 0 Å². The van der Waals surface area contributed by atoms with Gasteiger partial charge in [0.1, 0.15) is 5.75 Å². The molecular formula is C37H45NO5S. The van der Waals surface area contributed by atoms with Crippen LogP contribution in [0.1, 0.15) is 84.9 Å². The average Bonchev–Trinajstić information content (AvgIpc) is 3.36. The predicted octanol–water partition coefficient (Wildman–Crippen LogP) is 8.90. The fourth-order valence-corrected chi connectivity index (χ4v) is 6.57. The second-order valence-electron chi connectivity index (χ2n) is 13.3. The highest BCUT2D eigenvalue weighted by atomic mass is 32.2. The van der Waals surface area contributed by atoms with Crippen LogP contribution in [-0.2, 0) is 30.4 Å². The number of aromatic nitrogens is 1. The Kier molecular flexibility index (Phi) is 9.50. The van der Waals surface area contributed by atoms with Crippen LogP contribution in [0.5, 0.6) is 5.75 Å². The minimum atomic E-state index is -3.93.